The van der Waals surface area contributed by atoms with Crippen molar-refractivity contribution in [2.24, 2.45) is 5.92 Å². The molecule has 1 unspecified atom stereocenters. The lowest BCUT2D eigenvalue weighted by molar-refractivity contribution is -0.133. The van der Waals surface area contributed by atoms with Crippen molar-refractivity contribution in [3.05, 3.63) is 0 Å². The Balaban J connectivity index is 1.86. The van der Waals surface area contributed by atoms with Gasteiger partial charge in [-0.3, -0.25) is 4.90 Å². The van der Waals surface area contributed by atoms with E-state index in [0.29, 0.717) is 18.9 Å². The Kier molecular flexibility index (Phi) is 3.50. The SMILES string of the molecule is CCC1CCN(C2CN(CC)C2)CC1(F)F. The minimum absolute atomic E-state index is 0.0201. The van der Waals surface area contributed by atoms with Crippen molar-refractivity contribution in [2.45, 2.75) is 38.7 Å². The highest BCUT2D eigenvalue weighted by Gasteiger charge is 2.46. The predicted molar refractivity (Wildman–Crippen MR) is 60.8 cm³/mol. The number of rotatable bonds is 3. The van der Waals surface area contributed by atoms with Gasteiger partial charge in [-0.15, -0.1) is 0 Å². The van der Waals surface area contributed by atoms with Crippen molar-refractivity contribution in [3.63, 3.8) is 0 Å². The Labute approximate surface area is 96.6 Å². The van der Waals surface area contributed by atoms with Crippen molar-refractivity contribution < 1.29 is 8.78 Å². The molecule has 2 rings (SSSR count). The van der Waals surface area contributed by atoms with Gasteiger partial charge in [0, 0.05) is 25.0 Å². The van der Waals surface area contributed by atoms with Crippen LogP contribution in [0.4, 0.5) is 8.78 Å². The average molecular weight is 232 g/mol. The Morgan fingerprint density at radius 2 is 1.94 bits per heavy atom. The molecule has 0 spiro atoms. The maximum absolute atomic E-state index is 13.8. The molecule has 4 heteroatoms. The van der Waals surface area contributed by atoms with E-state index in [1.807, 2.05) is 11.8 Å². The Morgan fingerprint density at radius 3 is 2.44 bits per heavy atom. The summed E-state index contributed by atoms with van der Waals surface area (Å²) in [5.74, 6) is -2.87. The highest BCUT2D eigenvalue weighted by molar-refractivity contribution is 4.94. The molecule has 94 valence electrons. The van der Waals surface area contributed by atoms with Crippen LogP contribution in [0.2, 0.25) is 0 Å². The summed E-state index contributed by atoms with van der Waals surface area (Å²) in [7, 11) is 0. The Morgan fingerprint density at radius 1 is 1.25 bits per heavy atom. The van der Waals surface area contributed by atoms with Gasteiger partial charge in [0.1, 0.15) is 0 Å². The molecule has 16 heavy (non-hydrogen) atoms. The number of hydrogen-bond donors (Lipinski definition) is 0. The number of halogens is 2. The predicted octanol–water partition coefficient (Wildman–Crippen LogP) is 2.06. The first kappa shape index (κ1) is 12.2. The van der Waals surface area contributed by atoms with Gasteiger partial charge in [-0.05, 0) is 25.9 Å². The summed E-state index contributed by atoms with van der Waals surface area (Å²) < 4.78 is 27.5. The molecule has 0 bridgehead atoms. The van der Waals surface area contributed by atoms with E-state index in [9.17, 15) is 8.78 Å². The van der Waals surface area contributed by atoms with Gasteiger partial charge in [0.25, 0.3) is 5.92 Å². The molecule has 2 heterocycles. The van der Waals surface area contributed by atoms with Crippen LogP contribution in [0.25, 0.3) is 0 Å². The number of likely N-dealkylation sites (N-methyl/N-ethyl adjacent to an activating group) is 1. The van der Waals surface area contributed by atoms with Gasteiger partial charge in [-0.2, -0.15) is 0 Å². The monoisotopic (exact) mass is 232 g/mol. The molecule has 2 fully saturated rings. The van der Waals surface area contributed by atoms with Crippen molar-refractivity contribution in [1.29, 1.82) is 0 Å². The fourth-order valence-corrected chi connectivity index (χ4v) is 2.86. The van der Waals surface area contributed by atoms with E-state index >= 15 is 0 Å². The third kappa shape index (κ3) is 2.23. The normalized spacial score (nSPS) is 32.6. The van der Waals surface area contributed by atoms with Gasteiger partial charge in [-0.1, -0.05) is 13.8 Å². The molecule has 2 aliphatic heterocycles. The highest BCUT2D eigenvalue weighted by atomic mass is 19.3. The first-order chi connectivity index (χ1) is 7.56. The number of nitrogens with zero attached hydrogens (tertiary/aromatic N) is 2. The molecule has 0 aliphatic carbocycles. The molecule has 2 aliphatic rings. The second kappa shape index (κ2) is 4.57. The smallest absolute Gasteiger partial charge is 0.263 e. The molecule has 0 saturated carbocycles. The van der Waals surface area contributed by atoms with Gasteiger partial charge in [0.15, 0.2) is 0 Å². The molecule has 0 aromatic heterocycles. The lowest BCUT2D eigenvalue weighted by Crippen LogP contribution is -2.63. The lowest BCUT2D eigenvalue weighted by atomic mass is 9.89. The minimum Gasteiger partial charge on any atom is -0.300 e. The second-order valence-electron chi connectivity index (χ2n) is 5.13. The zero-order valence-corrected chi connectivity index (χ0v) is 10.3. The Bertz CT molecular complexity index is 239. The quantitative estimate of drug-likeness (QED) is 0.735. The fourth-order valence-electron chi connectivity index (χ4n) is 2.86. The van der Waals surface area contributed by atoms with Crippen LogP contribution in [0, 0.1) is 5.92 Å². The van der Waals surface area contributed by atoms with Crippen LogP contribution in [-0.2, 0) is 0 Å². The van der Waals surface area contributed by atoms with Crippen molar-refractivity contribution in [3.8, 4) is 0 Å². The van der Waals surface area contributed by atoms with Crippen molar-refractivity contribution >= 4 is 0 Å². The third-order valence-electron chi connectivity index (χ3n) is 4.17. The van der Waals surface area contributed by atoms with Gasteiger partial charge >= 0.3 is 0 Å². The van der Waals surface area contributed by atoms with E-state index in [1.54, 1.807) is 0 Å². The highest BCUT2D eigenvalue weighted by Crippen LogP contribution is 2.36. The topological polar surface area (TPSA) is 6.48 Å². The summed E-state index contributed by atoms with van der Waals surface area (Å²) in [6.07, 6.45) is 1.26. The van der Waals surface area contributed by atoms with E-state index in [0.717, 1.165) is 26.2 Å². The summed E-state index contributed by atoms with van der Waals surface area (Å²) in [6.45, 7) is 7.82. The van der Waals surface area contributed by atoms with Crippen LogP contribution < -0.4 is 0 Å². The van der Waals surface area contributed by atoms with Crippen LogP contribution in [0.5, 0.6) is 0 Å². The molecule has 0 aromatic rings. The summed E-state index contributed by atoms with van der Waals surface area (Å²) in [4.78, 5) is 4.30. The summed E-state index contributed by atoms with van der Waals surface area (Å²) in [6, 6.07) is 0.378. The molecule has 2 saturated heterocycles. The van der Waals surface area contributed by atoms with E-state index in [2.05, 4.69) is 11.8 Å². The van der Waals surface area contributed by atoms with E-state index < -0.39 is 11.8 Å². The van der Waals surface area contributed by atoms with Crippen molar-refractivity contribution in [2.75, 3.05) is 32.7 Å². The molecular weight excluding hydrogens is 210 g/mol. The van der Waals surface area contributed by atoms with Crippen LogP contribution in [0.1, 0.15) is 26.7 Å². The van der Waals surface area contributed by atoms with Gasteiger partial charge in [0.2, 0.25) is 0 Å². The maximum atomic E-state index is 13.8. The first-order valence-corrected chi connectivity index (χ1v) is 6.41. The van der Waals surface area contributed by atoms with Crippen molar-refractivity contribution in [1.82, 2.24) is 9.80 Å². The van der Waals surface area contributed by atoms with Crippen LogP contribution >= 0.6 is 0 Å². The van der Waals surface area contributed by atoms with E-state index in [1.165, 1.54) is 0 Å². The third-order valence-corrected chi connectivity index (χ3v) is 4.17. The minimum atomic E-state index is -2.47. The van der Waals surface area contributed by atoms with Gasteiger partial charge in [0.05, 0.1) is 6.54 Å². The maximum Gasteiger partial charge on any atom is 0.263 e. The molecule has 2 nitrogen and oxygen atoms in total. The zero-order chi connectivity index (χ0) is 11.8. The first-order valence-electron chi connectivity index (χ1n) is 6.41. The van der Waals surface area contributed by atoms with Gasteiger partial charge < -0.3 is 4.90 Å². The fraction of sp³-hybridized carbons (Fsp3) is 1.00. The molecular formula is C12H22F2N2. The van der Waals surface area contributed by atoms with Crippen LogP contribution in [0.15, 0.2) is 0 Å². The number of likely N-dealkylation sites (tertiary alicyclic amines) is 2. The molecule has 0 amide bonds. The number of piperidine rings is 1. The molecule has 0 N–H and O–H groups in total. The standard InChI is InChI=1S/C12H22F2N2/c1-3-10-5-6-16(9-12(10,13)14)11-7-15(4-2)8-11/h10-11H,3-9H2,1-2H3. The van der Waals surface area contributed by atoms with E-state index in [-0.39, 0.29) is 6.54 Å². The summed E-state index contributed by atoms with van der Waals surface area (Å²) >= 11 is 0. The molecule has 1 atom stereocenters. The summed E-state index contributed by atoms with van der Waals surface area (Å²) in [5.41, 5.74) is 0. The zero-order valence-electron chi connectivity index (χ0n) is 10.3. The van der Waals surface area contributed by atoms with Crippen LogP contribution in [0.3, 0.4) is 0 Å². The average Bonchev–Trinajstić information content (AvgIpc) is 2.15. The Hall–Kier alpha value is -0.220. The van der Waals surface area contributed by atoms with E-state index in [4.69, 9.17) is 0 Å². The number of hydrogen-bond acceptors (Lipinski definition) is 2. The number of alkyl halides is 2. The second-order valence-corrected chi connectivity index (χ2v) is 5.13. The van der Waals surface area contributed by atoms with Crippen LogP contribution in [-0.4, -0.2) is 54.5 Å². The molecule has 0 aromatic carbocycles. The summed E-state index contributed by atoms with van der Waals surface area (Å²) in [5, 5.41) is 0. The lowest BCUT2D eigenvalue weighted by Gasteiger charge is -2.49. The largest absolute Gasteiger partial charge is 0.300 e. The molecule has 0 radical (unpaired) electrons. The van der Waals surface area contributed by atoms with Gasteiger partial charge in [-0.25, -0.2) is 8.78 Å².